The Morgan fingerprint density at radius 1 is 1.50 bits per heavy atom. The van der Waals surface area contributed by atoms with Gasteiger partial charge in [-0.2, -0.15) is 0 Å². The van der Waals surface area contributed by atoms with Crippen LogP contribution in [0.2, 0.25) is 0 Å². The molecule has 0 aliphatic heterocycles. The second kappa shape index (κ2) is 3.95. The molecule has 0 saturated carbocycles. The molecular formula is C9H11FN2O2. The van der Waals surface area contributed by atoms with E-state index >= 15 is 0 Å². The highest BCUT2D eigenvalue weighted by Gasteiger charge is 2.09. The maximum atomic E-state index is 12.7. The normalized spacial score (nSPS) is 9.64. The fourth-order valence-corrected chi connectivity index (χ4v) is 0.782. The van der Waals surface area contributed by atoms with Crippen molar-refractivity contribution in [3.05, 3.63) is 24.0 Å². The number of halogens is 1. The lowest BCUT2D eigenvalue weighted by Gasteiger charge is -2.11. The van der Waals surface area contributed by atoms with Gasteiger partial charge >= 0.3 is 6.09 Å². The number of nitrogens with zero attached hydrogens (tertiary/aromatic N) is 1. The quantitative estimate of drug-likeness (QED) is 0.695. The van der Waals surface area contributed by atoms with Gasteiger partial charge in [0.15, 0.2) is 5.75 Å². The van der Waals surface area contributed by atoms with Gasteiger partial charge in [-0.1, -0.05) is 0 Å². The third kappa shape index (κ3) is 2.35. The van der Waals surface area contributed by atoms with Gasteiger partial charge in [-0.05, 0) is 12.1 Å². The molecule has 0 saturated heterocycles. The highest BCUT2D eigenvalue weighted by molar-refractivity contribution is 5.72. The van der Waals surface area contributed by atoms with Gasteiger partial charge in [0.2, 0.25) is 0 Å². The van der Waals surface area contributed by atoms with E-state index in [0.717, 1.165) is 6.07 Å². The molecular weight excluding hydrogens is 187 g/mol. The molecule has 0 aliphatic carbocycles. The maximum absolute atomic E-state index is 12.7. The lowest BCUT2D eigenvalue weighted by atomic mass is 10.3. The van der Waals surface area contributed by atoms with Gasteiger partial charge < -0.3 is 15.4 Å². The largest absolute Gasteiger partial charge is 0.414 e. The average molecular weight is 198 g/mol. The van der Waals surface area contributed by atoms with E-state index < -0.39 is 11.9 Å². The summed E-state index contributed by atoms with van der Waals surface area (Å²) in [5, 5.41) is 0. The number of carbonyl (C=O) groups is 1. The molecule has 4 nitrogen and oxygen atoms in total. The van der Waals surface area contributed by atoms with E-state index in [4.69, 9.17) is 10.5 Å². The van der Waals surface area contributed by atoms with Crippen LogP contribution in [0.25, 0.3) is 0 Å². The van der Waals surface area contributed by atoms with Crippen LogP contribution in [-0.2, 0) is 0 Å². The summed E-state index contributed by atoms with van der Waals surface area (Å²) in [5.41, 5.74) is 5.70. The minimum Gasteiger partial charge on any atom is -0.408 e. The molecule has 76 valence electrons. The van der Waals surface area contributed by atoms with E-state index in [2.05, 4.69) is 0 Å². The Bertz CT molecular complexity index is 353. The Kier molecular flexibility index (Phi) is 2.91. The summed E-state index contributed by atoms with van der Waals surface area (Å²) >= 11 is 0. The van der Waals surface area contributed by atoms with E-state index in [9.17, 15) is 9.18 Å². The molecule has 0 aromatic heterocycles. The molecule has 0 fully saturated rings. The van der Waals surface area contributed by atoms with Crippen molar-refractivity contribution < 1.29 is 13.9 Å². The number of hydrogen-bond acceptors (Lipinski definition) is 3. The third-order valence-electron chi connectivity index (χ3n) is 1.54. The third-order valence-corrected chi connectivity index (χ3v) is 1.54. The molecule has 5 heteroatoms. The number of amides is 1. The van der Waals surface area contributed by atoms with Crippen molar-refractivity contribution in [3.63, 3.8) is 0 Å². The summed E-state index contributed by atoms with van der Waals surface area (Å²) in [5.74, 6) is -0.468. The van der Waals surface area contributed by atoms with Crippen molar-refractivity contribution in [2.75, 3.05) is 19.8 Å². The van der Waals surface area contributed by atoms with E-state index in [1.165, 1.54) is 31.1 Å². The lowest BCUT2D eigenvalue weighted by molar-refractivity contribution is 0.172. The standard InChI is InChI=1S/C9H11FN2O2/c1-12(2)9(13)14-8-5-6(10)3-4-7(8)11/h3-5H,11H2,1-2H3. The molecule has 0 unspecified atom stereocenters. The summed E-state index contributed by atoms with van der Waals surface area (Å²) in [6.07, 6.45) is -0.595. The average Bonchev–Trinajstić information content (AvgIpc) is 2.11. The monoisotopic (exact) mass is 198 g/mol. The summed E-state index contributed by atoms with van der Waals surface area (Å²) in [6, 6.07) is 3.60. The molecule has 1 rings (SSSR count). The first-order valence-corrected chi connectivity index (χ1v) is 3.95. The van der Waals surface area contributed by atoms with Crippen LogP contribution in [-0.4, -0.2) is 25.1 Å². The first kappa shape index (κ1) is 10.3. The summed E-state index contributed by atoms with van der Waals surface area (Å²) in [6.45, 7) is 0. The van der Waals surface area contributed by atoms with Crippen molar-refractivity contribution in [1.29, 1.82) is 0 Å². The number of carbonyl (C=O) groups excluding carboxylic acids is 1. The van der Waals surface area contributed by atoms with Crippen LogP contribution < -0.4 is 10.5 Å². The number of rotatable bonds is 1. The predicted octanol–water partition coefficient (Wildman–Crippen LogP) is 1.47. The highest BCUT2D eigenvalue weighted by Crippen LogP contribution is 2.22. The van der Waals surface area contributed by atoms with Crippen LogP contribution in [0, 0.1) is 5.82 Å². The zero-order chi connectivity index (χ0) is 10.7. The Hall–Kier alpha value is -1.78. The van der Waals surface area contributed by atoms with Crippen molar-refractivity contribution >= 4 is 11.8 Å². The molecule has 0 spiro atoms. The van der Waals surface area contributed by atoms with E-state index in [1.54, 1.807) is 0 Å². The van der Waals surface area contributed by atoms with E-state index in [0.29, 0.717) is 0 Å². The Balaban J connectivity index is 2.86. The number of anilines is 1. The van der Waals surface area contributed by atoms with Gasteiger partial charge in [-0.15, -0.1) is 0 Å². The van der Waals surface area contributed by atoms with Gasteiger partial charge in [-0.25, -0.2) is 9.18 Å². The van der Waals surface area contributed by atoms with Gasteiger partial charge in [0.25, 0.3) is 0 Å². The van der Waals surface area contributed by atoms with Gasteiger partial charge in [0.1, 0.15) is 5.82 Å². The molecule has 0 aliphatic rings. The van der Waals surface area contributed by atoms with Crippen molar-refractivity contribution in [2.24, 2.45) is 0 Å². The first-order valence-electron chi connectivity index (χ1n) is 3.95. The summed E-state index contributed by atoms with van der Waals surface area (Å²) < 4.78 is 17.5. The smallest absolute Gasteiger partial charge is 0.408 e. The first-order chi connectivity index (χ1) is 6.50. The van der Waals surface area contributed by atoms with Crippen molar-refractivity contribution in [2.45, 2.75) is 0 Å². The molecule has 0 heterocycles. The van der Waals surface area contributed by atoms with Crippen molar-refractivity contribution in [3.8, 4) is 5.75 Å². The van der Waals surface area contributed by atoms with Crippen LogP contribution in [0.1, 0.15) is 0 Å². The zero-order valence-corrected chi connectivity index (χ0v) is 7.95. The number of nitrogens with two attached hydrogens (primary N) is 1. The maximum Gasteiger partial charge on any atom is 0.414 e. The molecule has 1 amide bonds. The highest BCUT2D eigenvalue weighted by atomic mass is 19.1. The molecule has 2 N–H and O–H groups in total. The van der Waals surface area contributed by atoms with Crippen LogP contribution in [0.15, 0.2) is 18.2 Å². The van der Waals surface area contributed by atoms with Crippen LogP contribution in [0.5, 0.6) is 5.75 Å². The Morgan fingerprint density at radius 3 is 2.71 bits per heavy atom. The molecule has 14 heavy (non-hydrogen) atoms. The van der Waals surface area contributed by atoms with Crippen LogP contribution in [0.4, 0.5) is 14.9 Å². The number of benzene rings is 1. The molecule has 0 bridgehead atoms. The van der Waals surface area contributed by atoms with Crippen LogP contribution >= 0.6 is 0 Å². The SMILES string of the molecule is CN(C)C(=O)Oc1cc(F)ccc1N. The zero-order valence-electron chi connectivity index (χ0n) is 7.95. The molecule has 0 atom stereocenters. The van der Waals surface area contributed by atoms with Crippen LogP contribution in [0.3, 0.4) is 0 Å². The minimum atomic E-state index is -0.595. The van der Waals surface area contributed by atoms with Gasteiger partial charge in [0, 0.05) is 20.2 Å². The second-order valence-corrected chi connectivity index (χ2v) is 2.94. The summed E-state index contributed by atoms with van der Waals surface area (Å²) in [7, 11) is 3.05. The Morgan fingerprint density at radius 2 is 2.14 bits per heavy atom. The number of nitrogen functional groups attached to an aromatic ring is 1. The fourth-order valence-electron chi connectivity index (χ4n) is 0.782. The second-order valence-electron chi connectivity index (χ2n) is 2.94. The minimum absolute atomic E-state index is 0.0312. The number of ether oxygens (including phenoxy) is 1. The fraction of sp³-hybridized carbons (Fsp3) is 0.222. The van der Waals surface area contributed by atoms with E-state index in [1.807, 2.05) is 0 Å². The van der Waals surface area contributed by atoms with Crippen molar-refractivity contribution in [1.82, 2.24) is 4.90 Å². The van der Waals surface area contributed by atoms with Gasteiger partial charge in [0.05, 0.1) is 5.69 Å². The molecule has 1 aromatic rings. The van der Waals surface area contributed by atoms with Gasteiger partial charge in [-0.3, -0.25) is 0 Å². The summed E-state index contributed by atoms with van der Waals surface area (Å²) in [4.78, 5) is 12.3. The molecule has 0 radical (unpaired) electrons. The lowest BCUT2D eigenvalue weighted by Crippen LogP contribution is -2.25. The molecule has 1 aromatic carbocycles. The van der Waals surface area contributed by atoms with E-state index in [-0.39, 0.29) is 11.4 Å². The topological polar surface area (TPSA) is 55.6 Å². The number of hydrogen-bond donors (Lipinski definition) is 1. The Labute approximate surface area is 81.1 Å². The predicted molar refractivity (Wildman–Crippen MR) is 50.5 cm³/mol.